The predicted molar refractivity (Wildman–Crippen MR) is 367 cm³/mol. The first kappa shape index (κ1) is 79.1. The average molecular weight is 1390 g/mol. The Balaban J connectivity index is 1.01. The van der Waals surface area contributed by atoms with E-state index < -0.39 is 133 Å². The number of thioether (sulfide) groups is 1. The summed E-state index contributed by atoms with van der Waals surface area (Å²) in [5, 5.41) is 62.8. The van der Waals surface area contributed by atoms with Gasteiger partial charge in [0.15, 0.2) is 0 Å². The van der Waals surface area contributed by atoms with Crippen LogP contribution in [-0.2, 0) is 75.1 Å². The van der Waals surface area contributed by atoms with Gasteiger partial charge in [0.1, 0.15) is 30.2 Å². The topological polar surface area (TPSA) is 423 Å². The summed E-state index contributed by atoms with van der Waals surface area (Å²) < 4.78 is -0.773. The first-order valence-electron chi connectivity index (χ1n) is 32.7. The monoisotopic (exact) mass is 1380 g/mol. The number of unbranched alkanes of at least 4 members (excludes halogenated alkanes) is 5. The Morgan fingerprint density at radius 3 is 1.09 bits per heavy atom. The molecule has 14 N–H and O–H groups in total. The van der Waals surface area contributed by atoms with Crippen LogP contribution in [0, 0.1) is 0 Å². The van der Waals surface area contributed by atoms with Crippen LogP contribution < -0.4 is 53.2 Å². The number of benzene rings is 5. The van der Waals surface area contributed by atoms with E-state index in [0.29, 0.717) is 56.1 Å². The van der Waals surface area contributed by atoms with Crippen LogP contribution in [0.25, 0.3) is 0 Å². The molecule has 3 unspecified atom stereocenters. The van der Waals surface area contributed by atoms with Gasteiger partial charge in [-0.3, -0.25) is 43.2 Å². The number of amides is 10. The van der Waals surface area contributed by atoms with Crippen molar-refractivity contribution in [2.45, 2.75) is 138 Å². The number of nitrogens with one attached hydrogen (secondary N) is 10. The first-order valence-corrected chi connectivity index (χ1v) is 33.7. The molecule has 27 nitrogen and oxygen atoms in total. The zero-order valence-electron chi connectivity index (χ0n) is 54.9. The smallest absolute Gasteiger partial charge is 0.326 e. The molecule has 5 rings (SSSR count). The van der Waals surface area contributed by atoms with Gasteiger partial charge in [0.05, 0.1) is 30.1 Å². The van der Waals surface area contributed by atoms with Crippen LogP contribution in [0.15, 0.2) is 152 Å². The maximum Gasteiger partial charge on any atom is 0.326 e. The number of hydrogen-bond donors (Lipinski definition) is 14. The van der Waals surface area contributed by atoms with E-state index in [4.69, 9.17) is 5.11 Å². The zero-order valence-corrected chi connectivity index (χ0v) is 55.7. The van der Waals surface area contributed by atoms with Gasteiger partial charge in [-0.2, -0.15) is 0 Å². The summed E-state index contributed by atoms with van der Waals surface area (Å²) in [6.07, 6.45) is 3.17. The number of carbonyl (C=O) groups excluding carboxylic acids is 9. The van der Waals surface area contributed by atoms with E-state index in [0.717, 1.165) is 16.7 Å². The third-order valence-electron chi connectivity index (χ3n) is 15.7. The van der Waals surface area contributed by atoms with Crippen molar-refractivity contribution in [3.05, 3.63) is 179 Å². The van der Waals surface area contributed by atoms with Crippen LogP contribution in [0.4, 0.5) is 4.79 Å². The SMILES string of the molecule is O=C(O)CC[C@H](NC(=O)N[C@@H](CCCCNC(=O)CCCCCCC(=O)NCCCCC(NC(=O)C(Cc1ccccc1)NC(=O)C(Cc1ccccc1)NC(=O)CNC(=O)CNC(=O)CNC(=O)CSC(c1ccccc1)(c1ccccc1)c1ccccc1)C(=O)O)C(=O)O)C(=O)O. The fraction of sp³-hybridized carbons (Fsp3) is 0.394. The molecule has 0 saturated heterocycles. The Bertz CT molecular complexity index is 3350. The van der Waals surface area contributed by atoms with E-state index in [1.54, 1.807) is 60.7 Å². The largest absolute Gasteiger partial charge is 0.481 e. The molecule has 5 aromatic rings. The van der Waals surface area contributed by atoms with Crippen LogP contribution in [-0.4, -0.2) is 166 Å². The third kappa shape index (κ3) is 29.7. The standard InChI is InChI=1S/C71H88N10O17S/c82-58(36-18-1-2-19-37-59(83)73-41-23-21-35-54(68(94)95)80-70(98)81-55(69(96)97)38-39-64(88)89)72-40-22-20-34-53(67(92)93)78-66(91)57(43-49-26-10-4-11-27-49)79-65(90)56(42-48-24-8-3-9-25-48)77-62(86)46-75-60(84)44-74-61(85)45-76-63(87)47-99-71(50-28-12-5-13-29-50,51-30-14-6-15-31-51)52-32-16-7-17-33-52/h3-17,24-33,53-57H,1-2,18-23,34-47H2,(H,72,82)(H,73,83)(H,74,85)(H,75,84)(H,76,87)(H,77,86)(H,78,91)(H,79,90)(H,88,89)(H,92,93)(H,94,95)(H,96,97)(H2,80,81,98)/t53?,54-,55-,56?,57?/m0/s1. The van der Waals surface area contributed by atoms with E-state index in [-0.39, 0.29) is 75.6 Å². The van der Waals surface area contributed by atoms with E-state index in [9.17, 15) is 77.6 Å². The number of aliphatic carboxylic acids is 4. The van der Waals surface area contributed by atoms with Crippen LogP contribution in [0.3, 0.4) is 0 Å². The lowest BCUT2D eigenvalue weighted by Crippen LogP contribution is -2.57. The molecule has 0 bridgehead atoms. The highest BCUT2D eigenvalue weighted by Gasteiger charge is 2.38. The number of hydrogen-bond acceptors (Lipinski definition) is 14. The van der Waals surface area contributed by atoms with Crippen LogP contribution >= 0.6 is 11.8 Å². The Morgan fingerprint density at radius 2 is 0.687 bits per heavy atom. The number of carboxylic acid groups (broad SMARTS) is 4. The Morgan fingerprint density at radius 1 is 0.333 bits per heavy atom. The first-order chi connectivity index (χ1) is 47.6. The van der Waals surface area contributed by atoms with Crippen molar-refractivity contribution in [3.63, 3.8) is 0 Å². The Labute approximate surface area is 578 Å². The quantitative estimate of drug-likeness (QED) is 0.0193. The van der Waals surface area contributed by atoms with E-state index in [1.807, 2.05) is 91.0 Å². The molecule has 0 aliphatic carbocycles. The lowest BCUT2D eigenvalue weighted by atomic mass is 9.84. The van der Waals surface area contributed by atoms with Gasteiger partial charge in [-0.1, -0.05) is 165 Å². The lowest BCUT2D eigenvalue weighted by molar-refractivity contribution is -0.143. The summed E-state index contributed by atoms with van der Waals surface area (Å²) in [7, 11) is 0. The minimum absolute atomic E-state index is 0.0174. The Kier molecular flexibility index (Phi) is 34.7. The summed E-state index contributed by atoms with van der Waals surface area (Å²) in [5.74, 6) is -10.1. The Hall–Kier alpha value is -10.6. The molecular formula is C71H88N10O17S. The lowest BCUT2D eigenvalue weighted by Gasteiger charge is -2.35. The second-order valence-electron chi connectivity index (χ2n) is 23.3. The van der Waals surface area contributed by atoms with Crippen molar-refractivity contribution in [2.24, 2.45) is 0 Å². The molecule has 5 aromatic carbocycles. The molecule has 530 valence electrons. The van der Waals surface area contributed by atoms with E-state index in [2.05, 4.69) is 53.2 Å². The molecule has 0 spiro atoms. The average Bonchev–Trinajstić information content (AvgIpc) is 0.760. The molecule has 28 heteroatoms. The van der Waals surface area contributed by atoms with Gasteiger partial charge in [0, 0.05) is 45.2 Å². The van der Waals surface area contributed by atoms with Crippen molar-refractivity contribution < 1.29 is 82.8 Å². The molecule has 0 radical (unpaired) electrons. The maximum atomic E-state index is 14.2. The minimum atomic E-state index is -1.53. The fourth-order valence-electron chi connectivity index (χ4n) is 10.5. The molecule has 5 atom stereocenters. The molecule has 0 aliphatic rings. The van der Waals surface area contributed by atoms with Gasteiger partial charge < -0.3 is 73.6 Å². The molecule has 0 fully saturated rings. The van der Waals surface area contributed by atoms with Crippen molar-refractivity contribution in [1.82, 2.24) is 53.2 Å². The number of urea groups is 1. The van der Waals surface area contributed by atoms with Gasteiger partial charge in [-0.15, -0.1) is 11.8 Å². The second-order valence-corrected chi connectivity index (χ2v) is 24.5. The van der Waals surface area contributed by atoms with Crippen LogP contribution in [0.2, 0.25) is 0 Å². The second kappa shape index (κ2) is 43.5. The van der Waals surface area contributed by atoms with Gasteiger partial charge in [0.2, 0.25) is 47.3 Å². The predicted octanol–water partition coefficient (Wildman–Crippen LogP) is 4.07. The van der Waals surface area contributed by atoms with Crippen LogP contribution in [0.5, 0.6) is 0 Å². The summed E-state index contributed by atoms with van der Waals surface area (Å²) in [5.41, 5.74) is 4.13. The highest BCUT2D eigenvalue weighted by molar-refractivity contribution is 8.01. The van der Waals surface area contributed by atoms with Gasteiger partial charge in [-0.25, -0.2) is 19.2 Å². The third-order valence-corrected chi connectivity index (χ3v) is 17.2. The summed E-state index contributed by atoms with van der Waals surface area (Å²) in [6.45, 7) is -1.11. The van der Waals surface area contributed by atoms with E-state index in [1.165, 1.54) is 11.8 Å². The van der Waals surface area contributed by atoms with Gasteiger partial charge >= 0.3 is 29.9 Å². The summed E-state index contributed by atoms with van der Waals surface area (Å²) >= 11 is 1.40. The molecular weight excluding hydrogens is 1300 g/mol. The summed E-state index contributed by atoms with van der Waals surface area (Å²) in [4.78, 5) is 164. The van der Waals surface area contributed by atoms with Crippen molar-refractivity contribution >= 4 is 88.9 Å². The molecule has 0 aromatic heterocycles. The zero-order chi connectivity index (χ0) is 71.8. The number of carboxylic acids is 4. The molecule has 10 amide bonds. The highest BCUT2D eigenvalue weighted by atomic mass is 32.2. The van der Waals surface area contributed by atoms with Crippen molar-refractivity contribution in [1.29, 1.82) is 0 Å². The fourth-order valence-corrected chi connectivity index (χ4v) is 11.8. The van der Waals surface area contributed by atoms with E-state index >= 15 is 0 Å². The maximum absolute atomic E-state index is 14.2. The van der Waals surface area contributed by atoms with Gasteiger partial charge in [-0.05, 0) is 85.6 Å². The summed E-state index contributed by atoms with van der Waals surface area (Å²) in [6, 6.07) is 38.8. The van der Waals surface area contributed by atoms with Crippen LogP contribution in [0.1, 0.15) is 118 Å². The molecule has 0 saturated carbocycles. The normalized spacial score (nSPS) is 12.4. The highest BCUT2D eigenvalue weighted by Crippen LogP contribution is 2.48. The van der Waals surface area contributed by atoms with Crippen molar-refractivity contribution in [3.8, 4) is 0 Å². The minimum Gasteiger partial charge on any atom is -0.481 e. The number of carbonyl (C=O) groups is 13. The van der Waals surface area contributed by atoms with Gasteiger partial charge in [0.25, 0.3) is 0 Å². The molecule has 0 aliphatic heterocycles. The van der Waals surface area contributed by atoms with Crippen molar-refractivity contribution in [2.75, 3.05) is 38.5 Å². The molecule has 99 heavy (non-hydrogen) atoms. The number of rotatable bonds is 46. The molecule has 0 heterocycles.